The van der Waals surface area contributed by atoms with Crippen molar-refractivity contribution >= 4 is 22.8 Å². The molecule has 1 atom stereocenters. The van der Waals surface area contributed by atoms with Gasteiger partial charge in [-0.25, -0.2) is 4.98 Å². The van der Waals surface area contributed by atoms with Gasteiger partial charge in [0.15, 0.2) is 5.82 Å². The van der Waals surface area contributed by atoms with Gasteiger partial charge in [-0.05, 0) is 44.5 Å². The highest BCUT2D eigenvalue weighted by molar-refractivity contribution is 6.05. The number of nitrogens with two attached hydrogens (primary N) is 1. The highest BCUT2D eigenvalue weighted by atomic mass is 16.2. The molecule has 5 N–H and O–H groups in total. The summed E-state index contributed by atoms with van der Waals surface area (Å²) in [6.07, 6.45) is 3.20. The van der Waals surface area contributed by atoms with Crippen LogP contribution in [0.3, 0.4) is 0 Å². The van der Waals surface area contributed by atoms with E-state index < -0.39 is 5.91 Å². The summed E-state index contributed by atoms with van der Waals surface area (Å²) in [5, 5.41) is 7.04. The van der Waals surface area contributed by atoms with Crippen molar-refractivity contribution in [3.05, 3.63) is 29.6 Å². The molecule has 2 aliphatic heterocycles. The second-order valence-corrected chi connectivity index (χ2v) is 7.08. The molecule has 2 amide bonds. The van der Waals surface area contributed by atoms with Gasteiger partial charge in [-0.15, -0.1) is 0 Å². The molecule has 26 heavy (non-hydrogen) atoms. The van der Waals surface area contributed by atoms with Crippen LogP contribution in [0.25, 0.3) is 11.0 Å². The lowest BCUT2D eigenvalue weighted by Crippen LogP contribution is -2.46. The fourth-order valence-corrected chi connectivity index (χ4v) is 3.88. The van der Waals surface area contributed by atoms with Crippen LogP contribution in [0.15, 0.2) is 18.2 Å². The van der Waals surface area contributed by atoms with Crippen molar-refractivity contribution in [1.82, 2.24) is 25.5 Å². The molecule has 138 valence electrons. The Hall–Kier alpha value is -2.45. The smallest absolute Gasteiger partial charge is 0.289 e. The van der Waals surface area contributed by atoms with Gasteiger partial charge in [0, 0.05) is 25.2 Å². The number of nitrogens with one attached hydrogen (secondary N) is 3. The molecule has 0 radical (unpaired) electrons. The third kappa shape index (κ3) is 3.30. The number of hydrogen-bond acceptors (Lipinski definition) is 5. The van der Waals surface area contributed by atoms with E-state index in [-0.39, 0.29) is 11.7 Å². The van der Waals surface area contributed by atoms with Crippen molar-refractivity contribution in [3.8, 4) is 0 Å². The molecule has 8 nitrogen and oxygen atoms in total. The first-order valence-electron chi connectivity index (χ1n) is 9.16. The number of H-pyrrole nitrogens is 1. The number of piperidine rings is 1. The molecular weight excluding hydrogens is 332 g/mol. The van der Waals surface area contributed by atoms with Gasteiger partial charge >= 0.3 is 0 Å². The van der Waals surface area contributed by atoms with Gasteiger partial charge in [-0.1, -0.05) is 6.07 Å². The Balaban J connectivity index is 1.45. The summed E-state index contributed by atoms with van der Waals surface area (Å²) in [5.74, 6) is -0.420. The molecule has 1 aromatic carbocycles. The van der Waals surface area contributed by atoms with Gasteiger partial charge < -0.3 is 26.3 Å². The quantitative estimate of drug-likeness (QED) is 0.625. The predicted octanol–water partition coefficient (Wildman–Crippen LogP) is 0.218. The van der Waals surface area contributed by atoms with E-state index in [0.29, 0.717) is 41.8 Å². The largest absolute Gasteiger partial charge is 0.366 e. The van der Waals surface area contributed by atoms with Crippen LogP contribution in [-0.4, -0.2) is 64.9 Å². The average molecular weight is 356 g/mol. The fraction of sp³-hybridized carbons (Fsp3) is 0.500. The lowest BCUT2D eigenvalue weighted by atomic mass is 10.1. The van der Waals surface area contributed by atoms with Crippen LogP contribution in [0.5, 0.6) is 0 Å². The topological polar surface area (TPSA) is 116 Å². The van der Waals surface area contributed by atoms with E-state index in [0.717, 1.165) is 32.4 Å². The SMILES string of the molecule is NC(=O)c1cccc2[nH]c(C(=O)N3CCC(NC4CCNCC4)C3)nc12. The third-order valence-electron chi connectivity index (χ3n) is 5.27. The monoisotopic (exact) mass is 356 g/mol. The van der Waals surface area contributed by atoms with E-state index in [1.54, 1.807) is 18.2 Å². The van der Waals surface area contributed by atoms with Crippen molar-refractivity contribution in [3.63, 3.8) is 0 Å². The number of primary amides is 1. The summed E-state index contributed by atoms with van der Waals surface area (Å²) in [5.41, 5.74) is 6.81. The average Bonchev–Trinajstić information content (AvgIpc) is 3.28. The maximum Gasteiger partial charge on any atom is 0.289 e. The summed E-state index contributed by atoms with van der Waals surface area (Å²) in [4.78, 5) is 33.5. The first-order chi connectivity index (χ1) is 12.6. The number of carbonyl (C=O) groups excluding carboxylic acids is 2. The Morgan fingerprint density at radius 1 is 1.19 bits per heavy atom. The fourth-order valence-electron chi connectivity index (χ4n) is 3.88. The van der Waals surface area contributed by atoms with Crippen LogP contribution in [-0.2, 0) is 0 Å². The minimum atomic E-state index is -0.548. The molecule has 3 heterocycles. The number of likely N-dealkylation sites (tertiary alicyclic amines) is 1. The number of carbonyl (C=O) groups is 2. The van der Waals surface area contributed by atoms with Crippen LogP contribution in [0.4, 0.5) is 0 Å². The number of aromatic amines is 1. The van der Waals surface area contributed by atoms with Crippen LogP contribution >= 0.6 is 0 Å². The molecule has 2 fully saturated rings. The Bertz CT molecular complexity index is 826. The van der Waals surface area contributed by atoms with Crippen LogP contribution < -0.4 is 16.4 Å². The van der Waals surface area contributed by atoms with Crippen LogP contribution in [0.2, 0.25) is 0 Å². The van der Waals surface area contributed by atoms with E-state index in [1.165, 1.54) is 0 Å². The number of benzene rings is 1. The second-order valence-electron chi connectivity index (χ2n) is 7.08. The number of para-hydroxylation sites is 1. The summed E-state index contributed by atoms with van der Waals surface area (Å²) in [7, 11) is 0. The first kappa shape index (κ1) is 17.0. The minimum absolute atomic E-state index is 0.133. The Morgan fingerprint density at radius 2 is 2.00 bits per heavy atom. The Morgan fingerprint density at radius 3 is 2.77 bits per heavy atom. The van der Waals surface area contributed by atoms with Crippen molar-refractivity contribution in [2.45, 2.75) is 31.3 Å². The highest BCUT2D eigenvalue weighted by Gasteiger charge is 2.30. The van der Waals surface area contributed by atoms with Crippen molar-refractivity contribution in [2.24, 2.45) is 5.73 Å². The molecule has 0 bridgehead atoms. The number of hydrogen-bond donors (Lipinski definition) is 4. The van der Waals surface area contributed by atoms with Gasteiger partial charge in [0.25, 0.3) is 11.8 Å². The maximum atomic E-state index is 12.8. The molecule has 2 saturated heterocycles. The predicted molar refractivity (Wildman–Crippen MR) is 97.9 cm³/mol. The maximum absolute atomic E-state index is 12.8. The van der Waals surface area contributed by atoms with Gasteiger partial charge in [-0.2, -0.15) is 0 Å². The molecule has 1 unspecified atom stereocenters. The summed E-state index contributed by atoms with van der Waals surface area (Å²) in [6.45, 7) is 3.49. The molecule has 0 saturated carbocycles. The van der Waals surface area contributed by atoms with Gasteiger partial charge in [0.1, 0.15) is 5.52 Å². The molecule has 1 aromatic heterocycles. The molecule has 0 aliphatic carbocycles. The number of fused-ring (bicyclic) bond motifs is 1. The number of imidazole rings is 1. The highest BCUT2D eigenvalue weighted by Crippen LogP contribution is 2.19. The number of nitrogens with zero attached hydrogens (tertiary/aromatic N) is 2. The lowest BCUT2D eigenvalue weighted by molar-refractivity contribution is 0.0777. The summed E-state index contributed by atoms with van der Waals surface area (Å²) < 4.78 is 0. The number of amides is 2. The number of rotatable bonds is 4. The Kier molecular flexibility index (Phi) is 4.60. The van der Waals surface area contributed by atoms with Crippen molar-refractivity contribution < 1.29 is 9.59 Å². The zero-order chi connectivity index (χ0) is 18.1. The van der Waals surface area contributed by atoms with Crippen molar-refractivity contribution in [1.29, 1.82) is 0 Å². The molecule has 0 spiro atoms. The molecule has 4 rings (SSSR count). The number of aromatic nitrogens is 2. The van der Waals surface area contributed by atoms with Gasteiger partial charge in [0.05, 0.1) is 11.1 Å². The van der Waals surface area contributed by atoms with Gasteiger partial charge in [-0.3, -0.25) is 9.59 Å². The van der Waals surface area contributed by atoms with E-state index in [2.05, 4.69) is 20.6 Å². The summed E-state index contributed by atoms with van der Waals surface area (Å²) >= 11 is 0. The van der Waals surface area contributed by atoms with E-state index in [1.807, 2.05) is 4.90 Å². The van der Waals surface area contributed by atoms with E-state index in [9.17, 15) is 9.59 Å². The van der Waals surface area contributed by atoms with E-state index in [4.69, 9.17) is 5.73 Å². The standard InChI is InChI=1S/C18H24N6O2/c19-16(25)13-2-1-3-14-15(13)23-17(22-14)18(26)24-9-6-12(10-24)21-11-4-7-20-8-5-11/h1-3,11-12,20-21H,4-10H2,(H2,19,25)(H,22,23). The lowest BCUT2D eigenvalue weighted by Gasteiger charge is -2.27. The zero-order valence-corrected chi connectivity index (χ0v) is 14.6. The Labute approximate surface area is 151 Å². The molecular formula is C18H24N6O2. The second kappa shape index (κ2) is 7.05. The zero-order valence-electron chi connectivity index (χ0n) is 14.6. The third-order valence-corrected chi connectivity index (χ3v) is 5.27. The van der Waals surface area contributed by atoms with Crippen molar-refractivity contribution in [2.75, 3.05) is 26.2 Å². The normalized spacial score (nSPS) is 21.4. The van der Waals surface area contributed by atoms with Gasteiger partial charge in [0.2, 0.25) is 0 Å². The summed E-state index contributed by atoms with van der Waals surface area (Å²) in [6, 6.07) is 5.99. The molecule has 2 aromatic rings. The van der Waals surface area contributed by atoms with E-state index >= 15 is 0 Å². The first-order valence-corrected chi connectivity index (χ1v) is 9.16. The minimum Gasteiger partial charge on any atom is -0.366 e. The van der Waals surface area contributed by atoms with Crippen LogP contribution in [0, 0.1) is 0 Å². The van der Waals surface area contributed by atoms with Crippen LogP contribution in [0.1, 0.15) is 40.2 Å². The molecule has 8 heteroatoms. The molecule has 2 aliphatic rings.